The number of hydrazone groups is 1. The van der Waals surface area contributed by atoms with Crippen LogP contribution >= 0.6 is 0 Å². The van der Waals surface area contributed by atoms with Crippen molar-refractivity contribution in [2.45, 2.75) is 13.8 Å². The van der Waals surface area contributed by atoms with Crippen molar-refractivity contribution in [3.63, 3.8) is 0 Å². The molecule has 26 heavy (non-hydrogen) atoms. The minimum atomic E-state index is -0.393. The van der Waals surface area contributed by atoms with Gasteiger partial charge in [-0.25, -0.2) is 4.79 Å². The number of hydrogen-bond acceptors (Lipinski definition) is 5. The van der Waals surface area contributed by atoms with Crippen LogP contribution in [0.5, 0.6) is 0 Å². The highest BCUT2D eigenvalue weighted by Crippen LogP contribution is 2.24. The van der Waals surface area contributed by atoms with Crippen molar-refractivity contribution in [3.8, 4) is 0 Å². The Morgan fingerprint density at radius 1 is 1.27 bits per heavy atom. The zero-order chi connectivity index (χ0) is 18.5. The molecular weight excluding hydrogens is 332 g/mol. The van der Waals surface area contributed by atoms with Crippen LogP contribution in [0.25, 0.3) is 6.08 Å². The summed E-state index contributed by atoms with van der Waals surface area (Å²) < 4.78 is 10.2. The second-order valence-corrected chi connectivity index (χ2v) is 5.52. The second-order valence-electron chi connectivity index (χ2n) is 5.52. The molecule has 1 aromatic heterocycles. The van der Waals surface area contributed by atoms with E-state index in [0.717, 1.165) is 0 Å². The number of ether oxygens (including phenoxy) is 1. The lowest BCUT2D eigenvalue weighted by atomic mass is 10.1. The van der Waals surface area contributed by atoms with Gasteiger partial charge in [-0.2, -0.15) is 10.1 Å². The Bertz CT molecular complexity index is 890. The van der Waals surface area contributed by atoms with Crippen LogP contribution in [0.3, 0.4) is 0 Å². The molecule has 1 aliphatic heterocycles. The van der Waals surface area contributed by atoms with Gasteiger partial charge in [-0.1, -0.05) is 6.08 Å². The van der Waals surface area contributed by atoms with Gasteiger partial charge in [0.15, 0.2) is 0 Å². The molecule has 1 aromatic carbocycles. The number of hydrogen-bond donors (Lipinski definition) is 0. The predicted octanol–water partition coefficient (Wildman–Crippen LogP) is 3.82. The van der Waals surface area contributed by atoms with Gasteiger partial charge in [-0.3, -0.25) is 4.79 Å². The van der Waals surface area contributed by atoms with E-state index in [9.17, 15) is 9.59 Å². The zero-order valence-corrected chi connectivity index (χ0v) is 14.5. The summed E-state index contributed by atoms with van der Waals surface area (Å²) in [6.45, 7) is 3.84. The van der Waals surface area contributed by atoms with Gasteiger partial charge in [0.1, 0.15) is 5.76 Å². The van der Waals surface area contributed by atoms with E-state index < -0.39 is 5.97 Å². The zero-order valence-electron chi connectivity index (χ0n) is 14.5. The van der Waals surface area contributed by atoms with Crippen LogP contribution in [0.2, 0.25) is 0 Å². The van der Waals surface area contributed by atoms with Crippen molar-refractivity contribution in [3.05, 3.63) is 71.7 Å². The van der Waals surface area contributed by atoms with E-state index in [2.05, 4.69) is 5.10 Å². The third kappa shape index (κ3) is 3.64. The average molecular weight is 350 g/mol. The molecule has 0 bridgehead atoms. The summed E-state index contributed by atoms with van der Waals surface area (Å²) in [5.74, 6) is 0.0823. The van der Waals surface area contributed by atoms with E-state index in [-0.39, 0.29) is 5.91 Å². The number of nitrogens with zero attached hydrogens (tertiary/aromatic N) is 2. The van der Waals surface area contributed by atoms with Crippen LogP contribution in [0.4, 0.5) is 5.69 Å². The van der Waals surface area contributed by atoms with Gasteiger partial charge in [-0.15, -0.1) is 0 Å². The normalized spacial score (nSPS) is 15.8. The molecule has 2 heterocycles. The Balaban J connectivity index is 1.76. The molecular formula is C20H18N2O4. The predicted molar refractivity (Wildman–Crippen MR) is 98.8 cm³/mol. The van der Waals surface area contributed by atoms with E-state index >= 15 is 0 Å². The molecule has 132 valence electrons. The first-order valence-corrected chi connectivity index (χ1v) is 8.19. The fourth-order valence-electron chi connectivity index (χ4n) is 2.46. The van der Waals surface area contributed by atoms with E-state index in [1.165, 1.54) is 5.01 Å². The molecule has 3 rings (SSSR count). The topological polar surface area (TPSA) is 72.1 Å². The molecule has 6 nitrogen and oxygen atoms in total. The summed E-state index contributed by atoms with van der Waals surface area (Å²) in [7, 11) is 0. The highest BCUT2D eigenvalue weighted by molar-refractivity contribution is 6.29. The van der Waals surface area contributed by atoms with Crippen molar-refractivity contribution in [1.29, 1.82) is 0 Å². The maximum atomic E-state index is 12.6. The number of anilines is 1. The molecule has 2 aromatic rings. The number of amides is 1. The van der Waals surface area contributed by atoms with Crippen molar-refractivity contribution in [2.75, 3.05) is 11.6 Å². The molecule has 1 amide bonds. The number of benzene rings is 1. The Morgan fingerprint density at radius 2 is 2.04 bits per heavy atom. The lowest BCUT2D eigenvalue weighted by Gasteiger charge is -2.12. The van der Waals surface area contributed by atoms with Crippen LogP contribution in [-0.4, -0.2) is 24.2 Å². The highest BCUT2D eigenvalue weighted by atomic mass is 16.5. The molecule has 0 atom stereocenters. The van der Waals surface area contributed by atoms with Crippen molar-refractivity contribution in [1.82, 2.24) is 0 Å². The van der Waals surface area contributed by atoms with Gasteiger partial charge in [0.25, 0.3) is 5.91 Å². The number of rotatable bonds is 5. The monoisotopic (exact) mass is 350 g/mol. The van der Waals surface area contributed by atoms with Crippen molar-refractivity contribution in [2.24, 2.45) is 5.10 Å². The van der Waals surface area contributed by atoms with Gasteiger partial charge in [0.2, 0.25) is 0 Å². The number of carbonyl (C=O) groups excluding carboxylic acids is 2. The van der Waals surface area contributed by atoms with Crippen LogP contribution in [0, 0.1) is 0 Å². The fourth-order valence-corrected chi connectivity index (χ4v) is 2.46. The number of furan rings is 1. The van der Waals surface area contributed by atoms with Crippen molar-refractivity contribution >= 4 is 29.4 Å². The van der Waals surface area contributed by atoms with E-state index in [1.54, 1.807) is 68.7 Å². The lowest BCUT2D eigenvalue weighted by Crippen LogP contribution is -2.21. The molecule has 0 aliphatic carbocycles. The van der Waals surface area contributed by atoms with E-state index in [1.807, 2.05) is 6.07 Å². The van der Waals surface area contributed by atoms with Gasteiger partial charge in [-0.05, 0) is 62.4 Å². The quantitative estimate of drug-likeness (QED) is 0.607. The summed E-state index contributed by atoms with van der Waals surface area (Å²) in [4.78, 5) is 24.3. The molecule has 1 aliphatic rings. The molecule has 0 saturated carbocycles. The SMILES string of the molecule is CCOC(=O)c1ccc(N2N=C(C)/C(=C/C=C/c3ccco3)C2=O)cc1. The first-order chi connectivity index (χ1) is 12.6. The molecule has 6 heteroatoms. The number of esters is 1. The summed E-state index contributed by atoms with van der Waals surface area (Å²) in [5.41, 5.74) is 2.14. The van der Waals surface area contributed by atoms with Gasteiger partial charge in [0.05, 0.1) is 35.4 Å². The second kappa shape index (κ2) is 7.65. The van der Waals surface area contributed by atoms with Crippen LogP contribution in [-0.2, 0) is 9.53 Å². The number of carbonyl (C=O) groups is 2. The van der Waals surface area contributed by atoms with Gasteiger partial charge < -0.3 is 9.15 Å². The van der Waals surface area contributed by atoms with Crippen LogP contribution in [0.1, 0.15) is 30.0 Å². The molecule has 0 fully saturated rings. The Kier molecular flexibility index (Phi) is 5.12. The molecule has 0 N–H and O–H groups in total. The van der Waals surface area contributed by atoms with Crippen molar-refractivity contribution < 1.29 is 18.7 Å². The molecule has 0 spiro atoms. The highest BCUT2D eigenvalue weighted by Gasteiger charge is 2.28. The fraction of sp³-hybridized carbons (Fsp3) is 0.150. The van der Waals surface area contributed by atoms with E-state index in [4.69, 9.17) is 9.15 Å². The maximum absolute atomic E-state index is 12.6. The summed E-state index contributed by atoms with van der Waals surface area (Å²) in [5, 5.41) is 5.62. The maximum Gasteiger partial charge on any atom is 0.338 e. The molecule has 0 radical (unpaired) electrons. The molecule has 0 saturated heterocycles. The first kappa shape index (κ1) is 17.4. The third-order valence-corrected chi connectivity index (χ3v) is 3.75. The molecule has 0 unspecified atom stereocenters. The minimum absolute atomic E-state index is 0.226. The lowest BCUT2D eigenvalue weighted by molar-refractivity contribution is -0.114. The summed E-state index contributed by atoms with van der Waals surface area (Å²) >= 11 is 0. The summed E-state index contributed by atoms with van der Waals surface area (Å²) in [6, 6.07) is 10.2. The van der Waals surface area contributed by atoms with E-state index in [0.29, 0.717) is 34.9 Å². The van der Waals surface area contributed by atoms with Gasteiger partial charge >= 0.3 is 5.97 Å². The Morgan fingerprint density at radius 3 is 2.69 bits per heavy atom. The van der Waals surface area contributed by atoms with Crippen LogP contribution < -0.4 is 5.01 Å². The van der Waals surface area contributed by atoms with Crippen LogP contribution in [0.15, 0.2) is 69.9 Å². The Hall–Kier alpha value is -3.41. The minimum Gasteiger partial charge on any atom is -0.465 e. The number of allylic oxidation sites excluding steroid dienone is 2. The average Bonchev–Trinajstić information content (AvgIpc) is 3.25. The Labute approximate surface area is 151 Å². The first-order valence-electron chi connectivity index (χ1n) is 8.19. The van der Waals surface area contributed by atoms with Gasteiger partial charge in [0, 0.05) is 0 Å². The standard InChI is InChI=1S/C20H18N2O4/c1-3-25-20(24)15-9-11-16(12-10-15)22-19(23)18(14(2)21-22)8-4-6-17-7-5-13-26-17/h4-13H,3H2,1-2H3/b6-4+,18-8-. The largest absolute Gasteiger partial charge is 0.465 e. The smallest absolute Gasteiger partial charge is 0.338 e. The third-order valence-electron chi connectivity index (χ3n) is 3.75. The summed E-state index contributed by atoms with van der Waals surface area (Å²) in [6.07, 6.45) is 6.81.